The van der Waals surface area contributed by atoms with Gasteiger partial charge >= 0.3 is 0 Å². The van der Waals surface area contributed by atoms with E-state index in [0.29, 0.717) is 6.61 Å². The van der Waals surface area contributed by atoms with E-state index in [1.807, 2.05) is 26.2 Å². The Balaban J connectivity index is 1.74. The topological polar surface area (TPSA) is 24.5 Å². The van der Waals surface area contributed by atoms with Gasteiger partial charge in [-0.2, -0.15) is 0 Å². The van der Waals surface area contributed by atoms with Gasteiger partial charge in [0.25, 0.3) is 0 Å². The number of ether oxygens (including phenoxy) is 1. The highest BCUT2D eigenvalue weighted by atomic mass is 16.5. The summed E-state index contributed by atoms with van der Waals surface area (Å²) in [5.74, 6) is 0.920. The fourth-order valence-electron chi connectivity index (χ4n) is 2.75. The molecule has 0 aliphatic carbocycles. The van der Waals surface area contributed by atoms with E-state index in [9.17, 15) is 0 Å². The molecular formula is C20H24N2O. The SMILES string of the molecule is Cc1cccc2c1C=C(c1ccc(OCCN(C)C)cc1)NC2. The van der Waals surface area contributed by atoms with Gasteiger partial charge in [-0.15, -0.1) is 0 Å². The highest BCUT2D eigenvalue weighted by molar-refractivity contribution is 5.84. The van der Waals surface area contributed by atoms with Gasteiger partial charge in [0.1, 0.15) is 12.4 Å². The third kappa shape index (κ3) is 3.74. The van der Waals surface area contributed by atoms with Crippen LogP contribution >= 0.6 is 0 Å². The largest absolute Gasteiger partial charge is 0.492 e. The van der Waals surface area contributed by atoms with E-state index >= 15 is 0 Å². The standard InChI is InChI=1S/C20H24N2O/c1-15-5-4-6-17-14-21-20(13-19(15)17)16-7-9-18(10-8-16)23-12-11-22(2)3/h4-10,13,21H,11-12,14H2,1-3H3. The average molecular weight is 308 g/mol. The zero-order valence-corrected chi connectivity index (χ0v) is 14.1. The molecule has 3 heteroatoms. The van der Waals surface area contributed by atoms with Gasteiger partial charge in [0.2, 0.25) is 0 Å². The second-order valence-corrected chi connectivity index (χ2v) is 6.24. The molecule has 1 heterocycles. The number of fused-ring (bicyclic) bond motifs is 1. The first-order valence-corrected chi connectivity index (χ1v) is 8.05. The Hall–Kier alpha value is -2.26. The minimum atomic E-state index is 0.708. The van der Waals surface area contributed by atoms with Crippen molar-refractivity contribution in [1.29, 1.82) is 0 Å². The van der Waals surface area contributed by atoms with Crippen LogP contribution in [0.2, 0.25) is 0 Å². The van der Waals surface area contributed by atoms with Gasteiger partial charge in [-0.05, 0) is 73.6 Å². The molecule has 0 saturated heterocycles. The van der Waals surface area contributed by atoms with Crippen LogP contribution in [0.1, 0.15) is 22.3 Å². The van der Waals surface area contributed by atoms with Crippen molar-refractivity contribution in [2.24, 2.45) is 0 Å². The maximum atomic E-state index is 5.75. The second-order valence-electron chi connectivity index (χ2n) is 6.24. The summed E-state index contributed by atoms with van der Waals surface area (Å²) >= 11 is 0. The highest BCUT2D eigenvalue weighted by Crippen LogP contribution is 2.27. The summed E-state index contributed by atoms with van der Waals surface area (Å²) in [5.41, 5.74) is 6.39. The molecule has 23 heavy (non-hydrogen) atoms. The van der Waals surface area contributed by atoms with E-state index in [-0.39, 0.29) is 0 Å². The number of nitrogens with zero attached hydrogens (tertiary/aromatic N) is 1. The lowest BCUT2D eigenvalue weighted by molar-refractivity contribution is 0.261. The van der Waals surface area contributed by atoms with Crippen molar-refractivity contribution in [3.8, 4) is 5.75 Å². The van der Waals surface area contributed by atoms with Gasteiger partial charge < -0.3 is 15.0 Å². The molecule has 0 spiro atoms. The van der Waals surface area contributed by atoms with Crippen molar-refractivity contribution in [3.05, 3.63) is 64.7 Å². The summed E-state index contributed by atoms with van der Waals surface area (Å²) in [5, 5.41) is 3.51. The maximum Gasteiger partial charge on any atom is 0.119 e. The van der Waals surface area contributed by atoms with E-state index in [0.717, 1.165) is 18.8 Å². The van der Waals surface area contributed by atoms with Crippen molar-refractivity contribution >= 4 is 11.8 Å². The minimum absolute atomic E-state index is 0.708. The van der Waals surface area contributed by atoms with E-state index in [1.54, 1.807) is 0 Å². The zero-order chi connectivity index (χ0) is 16.2. The maximum absolute atomic E-state index is 5.75. The number of hydrogen-bond donors (Lipinski definition) is 1. The Morgan fingerprint density at radius 3 is 2.61 bits per heavy atom. The third-order valence-corrected chi connectivity index (χ3v) is 4.14. The van der Waals surface area contributed by atoms with Crippen molar-refractivity contribution in [2.75, 3.05) is 27.2 Å². The highest BCUT2D eigenvalue weighted by Gasteiger charge is 2.12. The van der Waals surface area contributed by atoms with Gasteiger partial charge in [0.15, 0.2) is 0 Å². The van der Waals surface area contributed by atoms with Crippen LogP contribution in [0.5, 0.6) is 5.75 Å². The lowest BCUT2D eigenvalue weighted by Crippen LogP contribution is -2.19. The predicted molar refractivity (Wildman–Crippen MR) is 96.4 cm³/mol. The monoisotopic (exact) mass is 308 g/mol. The average Bonchev–Trinajstić information content (AvgIpc) is 2.55. The molecule has 0 radical (unpaired) electrons. The van der Waals surface area contributed by atoms with E-state index in [2.05, 4.69) is 53.5 Å². The molecule has 0 aromatic heterocycles. The molecule has 0 amide bonds. The number of aryl methyl sites for hydroxylation is 1. The van der Waals surface area contributed by atoms with E-state index in [1.165, 1.54) is 28.0 Å². The molecule has 0 bridgehead atoms. The molecule has 1 aliphatic rings. The predicted octanol–water partition coefficient (Wildman–Crippen LogP) is 3.54. The van der Waals surface area contributed by atoms with Crippen molar-refractivity contribution in [2.45, 2.75) is 13.5 Å². The molecule has 1 aliphatic heterocycles. The minimum Gasteiger partial charge on any atom is -0.492 e. The molecule has 3 rings (SSSR count). The Morgan fingerprint density at radius 2 is 1.87 bits per heavy atom. The van der Waals surface area contributed by atoms with Crippen molar-refractivity contribution < 1.29 is 4.74 Å². The van der Waals surface area contributed by atoms with Crippen LogP contribution in [0.25, 0.3) is 11.8 Å². The number of hydrogen-bond acceptors (Lipinski definition) is 3. The second kappa shape index (κ2) is 6.88. The molecule has 1 N–H and O–H groups in total. The van der Waals surface area contributed by atoms with Gasteiger partial charge in [0.05, 0.1) is 0 Å². The van der Waals surface area contributed by atoms with Gasteiger partial charge in [0, 0.05) is 18.8 Å². The smallest absolute Gasteiger partial charge is 0.119 e. The van der Waals surface area contributed by atoms with Gasteiger partial charge in [-0.25, -0.2) is 0 Å². The molecule has 0 unspecified atom stereocenters. The normalized spacial score (nSPS) is 13.3. The third-order valence-electron chi connectivity index (χ3n) is 4.14. The Morgan fingerprint density at radius 1 is 1.09 bits per heavy atom. The first kappa shape index (κ1) is 15.6. The fourth-order valence-corrected chi connectivity index (χ4v) is 2.75. The Bertz CT molecular complexity index is 702. The molecular weight excluding hydrogens is 284 g/mol. The van der Waals surface area contributed by atoms with Crippen LogP contribution < -0.4 is 10.1 Å². The van der Waals surface area contributed by atoms with Crippen LogP contribution in [-0.2, 0) is 6.54 Å². The van der Waals surface area contributed by atoms with Crippen molar-refractivity contribution in [3.63, 3.8) is 0 Å². The molecule has 0 fully saturated rings. The summed E-state index contributed by atoms with van der Waals surface area (Å²) in [6.07, 6.45) is 2.25. The van der Waals surface area contributed by atoms with E-state index in [4.69, 9.17) is 4.74 Å². The first-order valence-electron chi connectivity index (χ1n) is 8.05. The van der Waals surface area contributed by atoms with Gasteiger partial charge in [-0.3, -0.25) is 0 Å². The summed E-state index contributed by atoms with van der Waals surface area (Å²) in [4.78, 5) is 2.12. The number of rotatable bonds is 5. The number of benzene rings is 2. The first-order chi connectivity index (χ1) is 11.1. The van der Waals surface area contributed by atoms with Gasteiger partial charge in [-0.1, -0.05) is 18.2 Å². The summed E-state index contributed by atoms with van der Waals surface area (Å²) in [7, 11) is 4.10. The summed E-state index contributed by atoms with van der Waals surface area (Å²) in [6, 6.07) is 14.8. The van der Waals surface area contributed by atoms with Crippen LogP contribution in [0, 0.1) is 6.92 Å². The number of likely N-dealkylation sites (N-methyl/N-ethyl adjacent to an activating group) is 1. The molecule has 0 atom stereocenters. The summed E-state index contributed by atoms with van der Waals surface area (Å²) < 4.78 is 5.75. The van der Waals surface area contributed by atoms with Crippen LogP contribution in [0.3, 0.4) is 0 Å². The molecule has 2 aromatic carbocycles. The fraction of sp³-hybridized carbons (Fsp3) is 0.300. The number of nitrogens with one attached hydrogen (secondary N) is 1. The molecule has 0 saturated carbocycles. The van der Waals surface area contributed by atoms with Crippen LogP contribution in [0.15, 0.2) is 42.5 Å². The Labute approximate surface area is 138 Å². The molecule has 2 aromatic rings. The van der Waals surface area contributed by atoms with Crippen LogP contribution in [0.4, 0.5) is 0 Å². The Kier molecular flexibility index (Phi) is 4.68. The lowest BCUT2D eigenvalue weighted by Gasteiger charge is -2.20. The van der Waals surface area contributed by atoms with Crippen molar-refractivity contribution in [1.82, 2.24) is 10.2 Å². The molecule has 120 valence electrons. The lowest BCUT2D eigenvalue weighted by atomic mass is 9.96. The van der Waals surface area contributed by atoms with Crippen LogP contribution in [-0.4, -0.2) is 32.1 Å². The quantitative estimate of drug-likeness (QED) is 0.914. The summed E-state index contributed by atoms with van der Waals surface area (Å²) in [6.45, 7) is 4.67. The van der Waals surface area contributed by atoms with E-state index < -0.39 is 0 Å². The zero-order valence-electron chi connectivity index (χ0n) is 14.1. The molecule has 3 nitrogen and oxygen atoms in total.